The summed E-state index contributed by atoms with van der Waals surface area (Å²) in [4.78, 5) is 12.0. The van der Waals surface area contributed by atoms with Gasteiger partial charge in [-0.2, -0.15) is 5.10 Å². The number of aromatic nitrogens is 2. The van der Waals surface area contributed by atoms with E-state index in [0.29, 0.717) is 18.8 Å². The summed E-state index contributed by atoms with van der Waals surface area (Å²) in [6.45, 7) is 0.763. The number of methoxy groups -OCH3 is 1. The van der Waals surface area contributed by atoms with Crippen LogP contribution in [0, 0.1) is 0 Å². The van der Waals surface area contributed by atoms with Crippen LogP contribution in [0.4, 0.5) is 5.69 Å². The van der Waals surface area contributed by atoms with Crippen LogP contribution in [0.25, 0.3) is 0 Å². The number of hydrogen-bond acceptors (Lipinski definition) is 5. The van der Waals surface area contributed by atoms with Crippen molar-refractivity contribution in [2.24, 2.45) is 0 Å². The van der Waals surface area contributed by atoms with Gasteiger partial charge in [0.05, 0.1) is 37.2 Å². The Kier molecular flexibility index (Phi) is 5.39. The predicted octanol–water partition coefficient (Wildman–Crippen LogP) is 1.26. The maximum Gasteiger partial charge on any atom is 0.287 e. The molecule has 2 N–H and O–H groups in total. The lowest BCUT2D eigenvalue weighted by atomic mass is 9.92. The molecular formula is C13H20ClN3O3. The van der Waals surface area contributed by atoms with E-state index >= 15 is 0 Å². The van der Waals surface area contributed by atoms with Gasteiger partial charge in [0, 0.05) is 7.11 Å². The molecular weight excluding hydrogens is 282 g/mol. The van der Waals surface area contributed by atoms with Gasteiger partial charge in [-0.1, -0.05) is 24.4 Å². The summed E-state index contributed by atoms with van der Waals surface area (Å²) in [5, 5.41) is 17.2. The number of aliphatic hydroxyl groups is 1. The smallest absolute Gasteiger partial charge is 0.287 e. The minimum Gasteiger partial charge on any atom is -0.391 e. The van der Waals surface area contributed by atoms with Crippen LogP contribution in [0.5, 0.6) is 0 Å². The van der Waals surface area contributed by atoms with Gasteiger partial charge in [-0.25, -0.2) is 4.68 Å². The highest BCUT2D eigenvalue weighted by molar-refractivity contribution is 6.32. The number of ether oxygens (including phenoxy) is 1. The Morgan fingerprint density at radius 1 is 1.55 bits per heavy atom. The Labute approximate surface area is 122 Å². The van der Waals surface area contributed by atoms with Crippen molar-refractivity contribution < 1.29 is 9.84 Å². The minimum absolute atomic E-state index is 0.0720. The van der Waals surface area contributed by atoms with E-state index in [2.05, 4.69) is 10.4 Å². The van der Waals surface area contributed by atoms with Crippen LogP contribution in [0.1, 0.15) is 25.7 Å². The van der Waals surface area contributed by atoms with E-state index < -0.39 is 6.10 Å². The van der Waals surface area contributed by atoms with Gasteiger partial charge >= 0.3 is 0 Å². The standard InChI is InChI=1S/C13H20ClN3O3/c1-20-7-6-17-13(19)12(14)10(8-15-17)16-9-4-2-3-5-11(9)18/h8-9,11,16,18H,2-7H2,1H3. The zero-order chi connectivity index (χ0) is 14.5. The molecule has 2 unspecified atom stereocenters. The number of anilines is 1. The molecule has 1 aliphatic rings. The molecule has 1 aromatic rings. The highest BCUT2D eigenvalue weighted by Gasteiger charge is 2.24. The lowest BCUT2D eigenvalue weighted by Crippen LogP contribution is -2.37. The monoisotopic (exact) mass is 301 g/mol. The SMILES string of the molecule is COCCn1ncc(NC2CCCCC2O)c(Cl)c1=O. The zero-order valence-corrected chi connectivity index (χ0v) is 12.3. The average Bonchev–Trinajstić information content (AvgIpc) is 2.45. The van der Waals surface area contributed by atoms with Crippen LogP contribution in [0.15, 0.2) is 11.0 Å². The van der Waals surface area contributed by atoms with Crippen molar-refractivity contribution in [2.75, 3.05) is 19.0 Å². The van der Waals surface area contributed by atoms with Crippen molar-refractivity contribution >= 4 is 17.3 Å². The Morgan fingerprint density at radius 2 is 2.30 bits per heavy atom. The number of halogens is 1. The summed E-state index contributed by atoms with van der Waals surface area (Å²) in [6.07, 6.45) is 4.85. The maximum atomic E-state index is 12.0. The summed E-state index contributed by atoms with van der Waals surface area (Å²) in [5.41, 5.74) is 0.135. The fourth-order valence-electron chi connectivity index (χ4n) is 2.38. The quantitative estimate of drug-likeness (QED) is 0.856. The van der Waals surface area contributed by atoms with Crippen molar-refractivity contribution in [2.45, 2.75) is 44.4 Å². The second-order valence-electron chi connectivity index (χ2n) is 5.00. The van der Waals surface area contributed by atoms with E-state index in [1.54, 1.807) is 7.11 Å². The highest BCUT2D eigenvalue weighted by atomic mass is 35.5. The van der Waals surface area contributed by atoms with Gasteiger partial charge in [0.25, 0.3) is 5.56 Å². The van der Waals surface area contributed by atoms with Gasteiger partial charge < -0.3 is 15.2 Å². The number of nitrogens with one attached hydrogen (secondary N) is 1. The molecule has 7 heteroatoms. The number of nitrogens with zero attached hydrogens (tertiary/aromatic N) is 2. The Morgan fingerprint density at radius 3 is 3.00 bits per heavy atom. The molecule has 1 aromatic heterocycles. The Hall–Kier alpha value is -1.11. The van der Waals surface area contributed by atoms with Gasteiger partial charge in [-0.05, 0) is 12.8 Å². The zero-order valence-electron chi connectivity index (χ0n) is 11.5. The van der Waals surface area contributed by atoms with E-state index in [1.807, 2.05) is 0 Å². The first kappa shape index (κ1) is 15.3. The van der Waals surface area contributed by atoms with Gasteiger partial charge in [-0.15, -0.1) is 0 Å². The van der Waals surface area contributed by atoms with Gasteiger partial charge in [-0.3, -0.25) is 4.79 Å². The normalized spacial score (nSPS) is 22.8. The fraction of sp³-hybridized carbons (Fsp3) is 0.692. The lowest BCUT2D eigenvalue weighted by molar-refractivity contribution is 0.116. The van der Waals surface area contributed by atoms with Gasteiger partial charge in [0.15, 0.2) is 0 Å². The van der Waals surface area contributed by atoms with E-state index in [-0.39, 0.29) is 16.6 Å². The minimum atomic E-state index is -0.407. The van der Waals surface area contributed by atoms with E-state index in [1.165, 1.54) is 10.9 Å². The first-order valence-electron chi connectivity index (χ1n) is 6.82. The highest BCUT2D eigenvalue weighted by Crippen LogP contribution is 2.24. The van der Waals surface area contributed by atoms with E-state index in [9.17, 15) is 9.90 Å². The summed E-state index contributed by atoms with van der Waals surface area (Å²) in [7, 11) is 1.56. The van der Waals surface area contributed by atoms with Gasteiger partial charge in [0.2, 0.25) is 0 Å². The average molecular weight is 302 g/mol. The third-order valence-corrected chi connectivity index (χ3v) is 3.93. The fourth-order valence-corrected chi connectivity index (χ4v) is 2.58. The molecule has 1 fully saturated rings. The molecule has 0 amide bonds. The third-order valence-electron chi connectivity index (χ3n) is 3.56. The third kappa shape index (κ3) is 3.50. The van der Waals surface area contributed by atoms with Gasteiger partial charge in [0.1, 0.15) is 5.02 Å². The van der Waals surface area contributed by atoms with Crippen molar-refractivity contribution in [3.05, 3.63) is 21.6 Å². The van der Waals surface area contributed by atoms with Crippen molar-refractivity contribution in [1.29, 1.82) is 0 Å². The largest absolute Gasteiger partial charge is 0.391 e. The summed E-state index contributed by atoms with van der Waals surface area (Å²) in [6, 6.07) is -0.0720. The molecule has 1 aliphatic carbocycles. The molecule has 0 aromatic carbocycles. The molecule has 2 rings (SSSR count). The molecule has 0 radical (unpaired) electrons. The molecule has 20 heavy (non-hydrogen) atoms. The van der Waals surface area contributed by atoms with Crippen LogP contribution in [0.2, 0.25) is 5.02 Å². The topological polar surface area (TPSA) is 76.4 Å². The summed E-state index contributed by atoms with van der Waals surface area (Å²) < 4.78 is 6.19. The number of aliphatic hydroxyl groups excluding tert-OH is 1. The van der Waals surface area contributed by atoms with E-state index in [0.717, 1.165) is 25.7 Å². The molecule has 1 saturated carbocycles. The van der Waals surface area contributed by atoms with Crippen LogP contribution >= 0.6 is 11.6 Å². The van der Waals surface area contributed by atoms with E-state index in [4.69, 9.17) is 16.3 Å². The van der Waals surface area contributed by atoms with Crippen molar-refractivity contribution in [1.82, 2.24) is 9.78 Å². The second kappa shape index (κ2) is 7.06. The van der Waals surface area contributed by atoms with Crippen molar-refractivity contribution in [3.63, 3.8) is 0 Å². The number of rotatable bonds is 5. The summed E-state index contributed by atoms with van der Waals surface area (Å²) >= 11 is 6.09. The molecule has 0 bridgehead atoms. The Balaban J connectivity index is 2.12. The van der Waals surface area contributed by atoms with Crippen LogP contribution < -0.4 is 10.9 Å². The lowest BCUT2D eigenvalue weighted by Gasteiger charge is -2.29. The molecule has 0 aliphatic heterocycles. The van der Waals surface area contributed by atoms with Crippen LogP contribution in [0.3, 0.4) is 0 Å². The molecule has 6 nitrogen and oxygen atoms in total. The molecule has 0 spiro atoms. The molecule has 112 valence electrons. The maximum absolute atomic E-state index is 12.0. The predicted molar refractivity (Wildman–Crippen MR) is 77.3 cm³/mol. The van der Waals surface area contributed by atoms with Crippen molar-refractivity contribution in [3.8, 4) is 0 Å². The first-order chi connectivity index (χ1) is 9.63. The van der Waals surface area contributed by atoms with Crippen LogP contribution in [-0.4, -0.2) is 40.7 Å². The summed E-state index contributed by atoms with van der Waals surface area (Å²) in [5.74, 6) is 0. The second-order valence-corrected chi connectivity index (χ2v) is 5.37. The number of hydrogen-bond donors (Lipinski definition) is 2. The van der Waals surface area contributed by atoms with Crippen LogP contribution in [-0.2, 0) is 11.3 Å². The molecule has 1 heterocycles. The molecule has 0 saturated heterocycles. The molecule has 2 atom stereocenters. The first-order valence-corrected chi connectivity index (χ1v) is 7.20. The Bertz CT molecular complexity index is 506.